The number of hydrogen-bond donors (Lipinski definition) is 2. The predicted octanol–water partition coefficient (Wildman–Crippen LogP) is 6.77. The van der Waals surface area contributed by atoms with Crippen molar-refractivity contribution in [3.63, 3.8) is 0 Å². The van der Waals surface area contributed by atoms with Crippen molar-refractivity contribution in [1.82, 2.24) is 4.98 Å². The summed E-state index contributed by atoms with van der Waals surface area (Å²) in [5, 5.41) is 0. The Morgan fingerprint density at radius 1 is 0.655 bits per heavy atom. The molecule has 4 nitrogen and oxygen atoms in total. The largest absolute Gasteiger partial charge is 0.441 e. The third-order valence-electron chi connectivity index (χ3n) is 5.94. The number of nitrogens with two attached hydrogens (primary N) is 1. The van der Waals surface area contributed by atoms with Crippen LogP contribution >= 0.6 is 12.4 Å². The maximum Gasteiger partial charge on any atom is 0.441 e. The van der Waals surface area contributed by atoms with Crippen LogP contribution in [0.5, 0.6) is 0 Å². The van der Waals surface area contributed by atoms with Gasteiger partial charge in [0.05, 0.1) is 5.67 Å². The first-order chi connectivity index (χ1) is 13.7. The number of halogens is 1. The molecule has 0 aliphatic carbocycles. The average Bonchev–Trinajstić information content (AvgIpc) is 2.73. The van der Waals surface area contributed by atoms with Crippen molar-refractivity contribution in [3.05, 3.63) is 0 Å². The highest BCUT2D eigenvalue weighted by molar-refractivity contribution is 6.66. The van der Waals surface area contributed by atoms with Crippen molar-refractivity contribution in [2.45, 2.75) is 129 Å². The first-order valence-electron chi connectivity index (χ1n) is 12.3. The van der Waals surface area contributed by atoms with E-state index in [2.05, 4.69) is 18.8 Å². The molecule has 0 radical (unpaired) electrons. The van der Waals surface area contributed by atoms with Gasteiger partial charge in [0.25, 0.3) is 0 Å². The van der Waals surface area contributed by atoms with Crippen molar-refractivity contribution in [2.75, 3.05) is 20.8 Å². The zero-order valence-electron chi connectivity index (χ0n) is 20.1. The zero-order valence-corrected chi connectivity index (χ0v) is 21.9. The Morgan fingerprint density at radius 2 is 1.00 bits per heavy atom. The molecule has 0 aromatic rings. The molecule has 0 rings (SSSR count). The Balaban J connectivity index is 0. The maximum absolute atomic E-state index is 6.19. The number of nitrogens with one attached hydrogen (secondary N) is 1. The molecule has 0 spiro atoms. The molecule has 3 N–H and O–H groups in total. The van der Waals surface area contributed by atoms with Crippen molar-refractivity contribution in [3.8, 4) is 0 Å². The summed E-state index contributed by atoms with van der Waals surface area (Å²) < 4.78 is 11.3. The quantitative estimate of drug-likeness (QED) is 0.140. The minimum absolute atomic E-state index is 0. The summed E-state index contributed by atoms with van der Waals surface area (Å²) in [7, 11) is 1.00. The van der Waals surface area contributed by atoms with Crippen LogP contribution in [0.1, 0.15) is 123 Å². The summed E-state index contributed by atoms with van der Waals surface area (Å²) in [6.45, 7) is 5.32. The normalized spacial score (nSPS) is 12.7. The number of hydrogen-bond acceptors (Lipinski definition) is 4. The van der Waals surface area contributed by atoms with Gasteiger partial charge in [-0.3, -0.25) is 4.98 Å². The molecule has 0 heterocycles. The van der Waals surface area contributed by atoms with Gasteiger partial charge in [-0.15, -0.1) is 12.4 Å². The number of unbranched alkanes of at least 4 members (excludes halogenated alkanes) is 15. The molecule has 178 valence electrons. The van der Waals surface area contributed by atoms with Crippen LogP contribution in [0.2, 0.25) is 0 Å². The lowest BCUT2D eigenvalue weighted by atomic mass is 10.0. The van der Waals surface area contributed by atoms with Crippen LogP contribution in [0.25, 0.3) is 0 Å². The molecular formula is C23H53ClN2O2Si. The fourth-order valence-corrected chi connectivity index (χ4v) is 6.25. The van der Waals surface area contributed by atoms with E-state index in [0.29, 0.717) is 0 Å². The highest BCUT2D eigenvalue weighted by Crippen LogP contribution is 2.14. The van der Waals surface area contributed by atoms with E-state index in [4.69, 9.17) is 14.6 Å². The molecule has 0 aromatic carbocycles. The van der Waals surface area contributed by atoms with Crippen LogP contribution in [0, 0.1) is 0 Å². The smallest absolute Gasteiger partial charge is 0.385 e. The standard InChI is InChI=1S/C23H52N2O2Si.ClH/c1-5-7-8-9-10-11-12-13-14-15-16-17-18-19-20-21-22-25-28(26-3,27-4)23(24)6-2;/h23,25H,5-22,24H2,1-4H3;1H. The average molecular weight is 453 g/mol. The Morgan fingerprint density at radius 3 is 1.31 bits per heavy atom. The summed E-state index contributed by atoms with van der Waals surface area (Å²) >= 11 is 0. The van der Waals surface area contributed by atoms with Gasteiger partial charge in [-0.1, -0.05) is 110 Å². The van der Waals surface area contributed by atoms with Crippen LogP contribution in [-0.2, 0) is 8.85 Å². The lowest BCUT2D eigenvalue weighted by Gasteiger charge is -2.32. The van der Waals surface area contributed by atoms with E-state index in [1.807, 2.05) is 0 Å². The molecule has 0 amide bonds. The van der Waals surface area contributed by atoms with Gasteiger partial charge in [-0.05, 0) is 19.4 Å². The Labute approximate surface area is 190 Å². The van der Waals surface area contributed by atoms with Gasteiger partial charge in [0.1, 0.15) is 0 Å². The maximum atomic E-state index is 6.19. The molecule has 29 heavy (non-hydrogen) atoms. The third-order valence-corrected chi connectivity index (χ3v) is 9.28. The van der Waals surface area contributed by atoms with E-state index in [1.54, 1.807) is 14.2 Å². The van der Waals surface area contributed by atoms with Crippen molar-refractivity contribution < 1.29 is 8.85 Å². The van der Waals surface area contributed by atoms with Crippen molar-refractivity contribution in [2.24, 2.45) is 5.73 Å². The molecule has 0 fully saturated rings. The van der Waals surface area contributed by atoms with E-state index in [0.717, 1.165) is 13.0 Å². The van der Waals surface area contributed by atoms with Crippen molar-refractivity contribution >= 4 is 21.1 Å². The Kier molecular flexibility index (Phi) is 25.0. The van der Waals surface area contributed by atoms with Gasteiger partial charge >= 0.3 is 8.72 Å². The highest BCUT2D eigenvalue weighted by atomic mass is 35.5. The highest BCUT2D eigenvalue weighted by Gasteiger charge is 2.42. The van der Waals surface area contributed by atoms with Crippen LogP contribution in [0.4, 0.5) is 0 Å². The molecule has 0 aliphatic heterocycles. The second-order valence-corrected chi connectivity index (χ2v) is 11.6. The molecule has 0 saturated carbocycles. The fourth-order valence-electron chi connectivity index (χ4n) is 3.87. The predicted molar refractivity (Wildman–Crippen MR) is 133 cm³/mol. The molecule has 0 aromatic heterocycles. The van der Waals surface area contributed by atoms with E-state index in [1.165, 1.54) is 103 Å². The lowest BCUT2D eigenvalue weighted by molar-refractivity contribution is 0.214. The van der Waals surface area contributed by atoms with Crippen LogP contribution < -0.4 is 10.7 Å². The number of rotatable bonds is 22. The molecule has 0 bridgehead atoms. The van der Waals surface area contributed by atoms with Crippen LogP contribution in [-0.4, -0.2) is 35.2 Å². The van der Waals surface area contributed by atoms with Gasteiger partial charge in [0, 0.05) is 14.2 Å². The molecule has 1 atom stereocenters. The van der Waals surface area contributed by atoms with Gasteiger partial charge in [-0.2, -0.15) is 0 Å². The second-order valence-electron chi connectivity index (χ2n) is 8.32. The van der Waals surface area contributed by atoms with E-state index >= 15 is 0 Å². The molecule has 1 unspecified atom stereocenters. The zero-order chi connectivity index (χ0) is 20.9. The fraction of sp³-hybridized carbons (Fsp3) is 1.00. The van der Waals surface area contributed by atoms with Crippen LogP contribution in [0.15, 0.2) is 0 Å². The summed E-state index contributed by atoms with van der Waals surface area (Å²) in [5.74, 6) is 0. The van der Waals surface area contributed by atoms with Crippen LogP contribution in [0.3, 0.4) is 0 Å². The molecule has 0 aliphatic rings. The third kappa shape index (κ3) is 16.7. The Bertz CT molecular complexity index is 321. The summed E-state index contributed by atoms with van der Waals surface area (Å²) in [5.41, 5.74) is 6.17. The molecular weight excluding hydrogens is 400 g/mol. The monoisotopic (exact) mass is 452 g/mol. The lowest BCUT2D eigenvalue weighted by Crippen LogP contribution is -2.66. The van der Waals surface area contributed by atoms with Gasteiger partial charge in [-0.25, -0.2) is 0 Å². The Hall–Kier alpha value is 0.347. The second kappa shape index (κ2) is 23.0. The summed E-state index contributed by atoms with van der Waals surface area (Å²) in [4.78, 5) is 3.50. The first kappa shape index (κ1) is 31.5. The topological polar surface area (TPSA) is 56.5 Å². The van der Waals surface area contributed by atoms with E-state index < -0.39 is 8.72 Å². The first-order valence-corrected chi connectivity index (χ1v) is 14.2. The van der Waals surface area contributed by atoms with Gasteiger partial charge in [0.2, 0.25) is 0 Å². The minimum Gasteiger partial charge on any atom is -0.385 e. The van der Waals surface area contributed by atoms with Gasteiger partial charge in [0.15, 0.2) is 0 Å². The minimum atomic E-state index is -2.43. The van der Waals surface area contributed by atoms with Gasteiger partial charge < -0.3 is 14.6 Å². The van der Waals surface area contributed by atoms with E-state index in [9.17, 15) is 0 Å². The summed E-state index contributed by atoms with van der Waals surface area (Å²) in [6, 6.07) is 0. The van der Waals surface area contributed by atoms with Crippen molar-refractivity contribution in [1.29, 1.82) is 0 Å². The summed E-state index contributed by atoms with van der Waals surface area (Å²) in [6.07, 6.45) is 23.2. The van der Waals surface area contributed by atoms with E-state index in [-0.39, 0.29) is 18.1 Å². The molecule has 6 heteroatoms. The SMILES string of the molecule is CCCCCCCCCCCCCCCCCCN[Si](OC)(OC)C(N)CC.Cl. The molecule has 0 saturated heterocycles.